The number of allylic oxidation sites excluding steroid dienone is 2. The van der Waals surface area contributed by atoms with Crippen molar-refractivity contribution in [3.05, 3.63) is 30.1 Å². The summed E-state index contributed by atoms with van der Waals surface area (Å²) in [7, 11) is 1.84. The second-order valence-electron chi connectivity index (χ2n) is 2.67. The van der Waals surface area contributed by atoms with E-state index in [1.54, 1.807) is 23.0 Å². The molecule has 1 rings (SSSR count). The predicted molar refractivity (Wildman–Crippen MR) is 46.7 cm³/mol. The Kier molecular flexibility index (Phi) is 2.80. The van der Waals surface area contributed by atoms with E-state index in [9.17, 15) is 4.79 Å². The van der Waals surface area contributed by atoms with Crippen molar-refractivity contribution >= 4 is 5.78 Å². The van der Waals surface area contributed by atoms with Crippen molar-refractivity contribution in [3.63, 3.8) is 0 Å². The number of nitrogens with zero attached hydrogens (tertiary/aromatic N) is 2. The Morgan fingerprint density at radius 2 is 2.50 bits per heavy atom. The van der Waals surface area contributed by atoms with E-state index in [2.05, 4.69) is 5.10 Å². The molecule has 0 spiro atoms. The van der Waals surface area contributed by atoms with Gasteiger partial charge in [-0.1, -0.05) is 6.08 Å². The van der Waals surface area contributed by atoms with E-state index in [-0.39, 0.29) is 5.78 Å². The average molecular weight is 164 g/mol. The Morgan fingerprint density at radius 3 is 3.00 bits per heavy atom. The number of carbonyl (C=O) groups excluding carboxylic acids is 1. The van der Waals surface area contributed by atoms with Crippen LogP contribution in [0.4, 0.5) is 0 Å². The summed E-state index contributed by atoms with van der Waals surface area (Å²) in [6.07, 6.45) is 7.33. The lowest BCUT2D eigenvalue weighted by atomic mass is 10.2. The fraction of sp³-hybridized carbons (Fsp3) is 0.333. The number of hydrogen-bond donors (Lipinski definition) is 0. The number of rotatable bonds is 3. The molecule has 0 atom stereocenters. The first kappa shape index (κ1) is 8.71. The Morgan fingerprint density at radius 1 is 1.75 bits per heavy atom. The Bertz CT molecular complexity index is 299. The van der Waals surface area contributed by atoms with Crippen molar-refractivity contribution < 1.29 is 4.79 Å². The van der Waals surface area contributed by atoms with Crippen molar-refractivity contribution in [2.75, 3.05) is 0 Å². The van der Waals surface area contributed by atoms with Gasteiger partial charge in [0.1, 0.15) is 0 Å². The van der Waals surface area contributed by atoms with Gasteiger partial charge in [0.25, 0.3) is 0 Å². The number of aryl methyl sites for hydroxylation is 1. The van der Waals surface area contributed by atoms with Crippen LogP contribution in [-0.4, -0.2) is 15.6 Å². The molecule has 0 saturated heterocycles. The highest BCUT2D eigenvalue weighted by Gasteiger charge is 2.00. The highest BCUT2D eigenvalue weighted by Crippen LogP contribution is 1.98. The van der Waals surface area contributed by atoms with Crippen molar-refractivity contribution in [1.82, 2.24) is 9.78 Å². The van der Waals surface area contributed by atoms with Gasteiger partial charge in [-0.3, -0.25) is 9.48 Å². The smallest absolute Gasteiger partial charge is 0.159 e. The quantitative estimate of drug-likeness (QED) is 0.627. The summed E-state index contributed by atoms with van der Waals surface area (Å²) in [5, 5.41) is 3.97. The first-order valence-electron chi connectivity index (χ1n) is 3.85. The molecule has 0 aromatic carbocycles. The fourth-order valence-electron chi connectivity index (χ4n) is 1.01. The van der Waals surface area contributed by atoms with Gasteiger partial charge in [-0.25, -0.2) is 0 Å². The lowest BCUT2D eigenvalue weighted by molar-refractivity contribution is -0.114. The maximum Gasteiger partial charge on any atom is 0.159 e. The third-order valence-corrected chi connectivity index (χ3v) is 1.49. The van der Waals surface area contributed by atoms with Crippen LogP contribution in [0.25, 0.3) is 0 Å². The molecule has 1 aromatic rings. The molecule has 64 valence electrons. The maximum absolute atomic E-state index is 11.1. The largest absolute Gasteiger partial charge is 0.294 e. The highest BCUT2D eigenvalue weighted by atomic mass is 16.1. The molecule has 1 aromatic heterocycles. The summed E-state index contributed by atoms with van der Waals surface area (Å²) in [6.45, 7) is 1.83. The van der Waals surface area contributed by atoms with Crippen LogP contribution in [-0.2, 0) is 18.3 Å². The van der Waals surface area contributed by atoms with E-state index >= 15 is 0 Å². The van der Waals surface area contributed by atoms with E-state index in [4.69, 9.17) is 0 Å². The summed E-state index contributed by atoms with van der Waals surface area (Å²) in [4.78, 5) is 11.1. The SMILES string of the molecule is C/C=C/C(=O)Cc1cnn(C)c1. The number of hydrogen-bond acceptors (Lipinski definition) is 2. The minimum absolute atomic E-state index is 0.116. The summed E-state index contributed by atoms with van der Waals surface area (Å²) in [5.41, 5.74) is 0.959. The van der Waals surface area contributed by atoms with Crippen molar-refractivity contribution in [2.45, 2.75) is 13.3 Å². The van der Waals surface area contributed by atoms with E-state index in [1.807, 2.05) is 20.2 Å². The Balaban J connectivity index is 2.58. The van der Waals surface area contributed by atoms with Gasteiger partial charge >= 0.3 is 0 Å². The van der Waals surface area contributed by atoms with Crippen molar-refractivity contribution in [1.29, 1.82) is 0 Å². The lowest BCUT2D eigenvalue weighted by Crippen LogP contribution is -1.96. The topological polar surface area (TPSA) is 34.9 Å². The van der Waals surface area contributed by atoms with Gasteiger partial charge in [0, 0.05) is 19.7 Å². The normalized spacial score (nSPS) is 10.8. The molecule has 3 nitrogen and oxygen atoms in total. The third kappa shape index (κ3) is 2.34. The molecule has 0 radical (unpaired) electrons. The zero-order chi connectivity index (χ0) is 8.97. The number of carbonyl (C=O) groups is 1. The van der Waals surface area contributed by atoms with Gasteiger partial charge in [0.05, 0.1) is 6.20 Å². The zero-order valence-electron chi connectivity index (χ0n) is 7.32. The van der Waals surface area contributed by atoms with E-state index in [0.717, 1.165) is 5.56 Å². The van der Waals surface area contributed by atoms with E-state index in [0.29, 0.717) is 6.42 Å². The minimum atomic E-state index is 0.116. The van der Waals surface area contributed by atoms with Gasteiger partial charge < -0.3 is 0 Å². The van der Waals surface area contributed by atoms with Gasteiger partial charge in [0.2, 0.25) is 0 Å². The molecule has 0 fully saturated rings. The molecule has 0 saturated carbocycles. The summed E-state index contributed by atoms with van der Waals surface area (Å²) in [6, 6.07) is 0. The van der Waals surface area contributed by atoms with E-state index < -0.39 is 0 Å². The van der Waals surface area contributed by atoms with E-state index in [1.165, 1.54) is 0 Å². The Hall–Kier alpha value is -1.38. The van der Waals surface area contributed by atoms with Gasteiger partial charge in [-0.15, -0.1) is 0 Å². The zero-order valence-corrected chi connectivity index (χ0v) is 7.32. The van der Waals surface area contributed by atoms with Gasteiger partial charge in [-0.2, -0.15) is 5.10 Å². The van der Waals surface area contributed by atoms with Crippen LogP contribution in [0.5, 0.6) is 0 Å². The molecule has 0 aliphatic rings. The van der Waals surface area contributed by atoms with Crippen molar-refractivity contribution in [3.8, 4) is 0 Å². The summed E-state index contributed by atoms with van der Waals surface area (Å²) < 4.78 is 1.69. The van der Waals surface area contributed by atoms with Crippen LogP contribution in [0.15, 0.2) is 24.5 Å². The van der Waals surface area contributed by atoms with Crippen LogP contribution in [0.2, 0.25) is 0 Å². The molecular weight excluding hydrogens is 152 g/mol. The standard InChI is InChI=1S/C9H12N2O/c1-3-4-9(12)5-8-6-10-11(2)7-8/h3-4,6-7H,5H2,1-2H3/b4-3+. The van der Waals surface area contributed by atoms with Gasteiger partial charge in [-0.05, 0) is 18.6 Å². The fourth-order valence-corrected chi connectivity index (χ4v) is 1.01. The monoisotopic (exact) mass is 164 g/mol. The van der Waals surface area contributed by atoms with Crippen LogP contribution in [0, 0.1) is 0 Å². The molecule has 0 bridgehead atoms. The molecule has 0 aliphatic carbocycles. The molecule has 3 heteroatoms. The average Bonchev–Trinajstić information content (AvgIpc) is 2.36. The van der Waals surface area contributed by atoms with Crippen molar-refractivity contribution in [2.24, 2.45) is 7.05 Å². The first-order valence-corrected chi connectivity index (χ1v) is 3.85. The lowest BCUT2D eigenvalue weighted by Gasteiger charge is -1.89. The third-order valence-electron chi connectivity index (χ3n) is 1.49. The predicted octanol–water partition coefficient (Wildman–Crippen LogP) is 1.11. The molecule has 1 heterocycles. The first-order chi connectivity index (χ1) is 5.72. The van der Waals surface area contributed by atoms with Gasteiger partial charge in [0.15, 0.2) is 5.78 Å². The molecule has 0 unspecified atom stereocenters. The van der Waals surface area contributed by atoms with Crippen LogP contribution in [0.1, 0.15) is 12.5 Å². The number of ketones is 1. The van der Waals surface area contributed by atoms with Crippen LogP contribution in [0.3, 0.4) is 0 Å². The Labute approximate surface area is 71.7 Å². The minimum Gasteiger partial charge on any atom is -0.294 e. The molecule has 12 heavy (non-hydrogen) atoms. The van der Waals surface area contributed by atoms with Crippen LogP contribution >= 0.6 is 0 Å². The second-order valence-corrected chi connectivity index (χ2v) is 2.67. The molecule has 0 aliphatic heterocycles. The summed E-state index contributed by atoms with van der Waals surface area (Å²) >= 11 is 0. The molecular formula is C9H12N2O. The summed E-state index contributed by atoms with van der Waals surface area (Å²) in [5.74, 6) is 0.116. The second kappa shape index (κ2) is 3.85. The van der Waals surface area contributed by atoms with Crippen LogP contribution < -0.4 is 0 Å². The maximum atomic E-state index is 11.1. The number of aromatic nitrogens is 2. The molecule has 0 N–H and O–H groups in total. The highest BCUT2D eigenvalue weighted by molar-refractivity contribution is 5.91. The molecule has 0 amide bonds.